The maximum Gasteiger partial charge on any atom is 0.253 e. The number of carbonyl (C=O) groups is 1. The van der Waals surface area contributed by atoms with E-state index in [2.05, 4.69) is 23.1 Å². The largest absolute Gasteiger partial charge is 0.338 e. The van der Waals surface area contributed by atoms with Crippen LogP contribution in [0.15, 0.2) is 42.5 Å². The second-order valence-corrected chi connectivity index (χ2v) is 6.91. The second-order valence-electron chi connectivity index (χ2n) is 6.91. The molecule has 1 amide bonds. The quantitative estimate of drug-likeness (QED) is 0.758. The van der Waals surface area contributed by atoms with Crippen LogP contribution in [0, 0.1) is 11.8 Å². The third-order valence-corrected chi connectivity index (χ3v) is 5.57. The van der Waals surface area contributed by atoms with Crippen LogP contribution in [0.1, 0.15) is 42.5 Å². The van der Waals surface area contributed by atoms with E-state index in [9.17, 15) is 4.79 Å². The van der Waals surface area contributed by atoms with Crippen molar-refractivity contribution in [1.82, 2.24) is 4.90 Å². The summed E-state index contributed by atoms with van der Waals surface area (Å²) in [6.07, 6.45) is 6.62. The van der Waals surface area contributed by atoms with Crippen molar-refractivity contribution in [2.45, 2.75) is 32.1 Å². The van der Waals surface area contributed by atoms with E-state index in [0.29, 0.717) is 0 Å². The van der Waals surface area contributed by atoms with Crippen molar-refractivity contribution in [2.24, 2.45) is 11.8 Å². The van der Waals surface area contributed by atoms with Gasteiger partial charge in [0.15, 0.2) is 0 Å². The van der Waals surface area contributed by atoms with Crippen LogP contribution in [-0.2, 0) is 0 Å². The summed E-state index contributed by atoms with van der Waals surface area (Å²) in [7, 11) is 0. The summed E-state index contributed by atoms with van der Waals surface area (Å²) in [5, 5.41) is 2.35. The Balaban J connectivity index is 1.55. The molecule has 2 fully saturated rings. The molecule has 22 heavy (non-hydrogen) atoms. The predicted molar refractivity (Wildman–Crippen MR) is 89.9 cm³/mol. The van der Waals surface area contributed by atoms with Gasteiger partial charge in [-0.15, -0.1) is 0 Å². The summed E-state index contributed by atoms with van der Waals surface area (Å²) >= 11 is 0. The fourth-order valence-corrected chi connectivity index (χ4v) is 4.29. The number of fused-ring (bicyclic) bond motifs is 2. The van der Waals surface area contributed by atoms with Crippen LogP contribution in [0.3, 0.4) is 0 Å². The highest BCUT2D eigenvalue weighted by molar-refractivity contribution is 5.98. The minimum absolute atomic E-state index is 0.217. The van der Waals surface area contributed by atoms with Gasteiger partial charge in [0.05, 0.1) is 0 Å². The summed E-state index contributed by atoms with van der Waals surface area (Å²) in [5.41, 5.74) is 0.841. The predicted octanol–water partition coefficient (Wildman–Crippen LogP) is 4.49. The van der Waals surface area contributed by atoms with Gasteiger partial charge in [-0.2, -0.15) is 0 Å². The van der Waals surface area contributed by atoms with Crippen molar-refractivity contribution in [1.29, 1.82) is 0 Å². The van der Waals surface area contributed by atoms with Crippen LogP contribution in [-0.4, -0.2) is 23.9 Å². The topological polar surface area (TPSA) is 20.3 Å². The lowest BCUT2D eigenvalue weighted by molar-refractivity contribution is 0.0521. The van der Waals surface area contributed by atoms with Crippen molar-refractivity contribution in [3.05, 3.63) is 48.0 Å². The van der Waals surface area contributed by atoms with Crippen LogP contribution >= 0.6 is 0 Å². The number of rotatable bonds is 1. The molecule has 2 aromatic rings. The zero-order valence-corrected chi connectivity index (χ0v) is 13.0. The van der Waals surface area contributed by atoms with E-state index in [0.717, 1.165) is 35.9 Å². The average molecular weight is 293 g/mol. The summed E-state index contributed by atoms with van der Waals surface area (Å²) in [6.45, 7) is 1.91. The normalized spacial score (nSPS) is 25.0. The molecule has 0 aromatic heterocycles. The maximum atomic E-state index is 12.8. The van der Waals surface area contributed by atoms with Crippen LogP contribution in [0.2, 0.25) is 0 Å². The minimum atomic E-state index is 0.217. The molecule has 1 saturated heterocycles. The summed E-state index contributed by atoms with van der Waals surface area (Å²) in [5.74, 6) is 1.83. The van der Waals surface area contributed by atoms with Gasteiger partial charge in [-0.25, -0.2) is 0 Å². The fraction of sp³-hybridized carbons (Fsp3) is 0.450. The van der Waals surface area contributed by atoms with Gasteiger partial charge in [0.1, 0.15) is 0 Å². The van der Waals surface area contributed by atoms with Crippen LogP contribution in [0.5, 0.6) is 0 Å². The number of benzene rings is 2. The number of hydrogen-bond acceptors (Lipinski definition) is 1. The third-order valence-electron chi connectivity index (χ3n) is 5.57. The van der Waals surface area contributed by atoms with E-state index in [1.165, 1.54) is 37.5 Å². The number of amides is 1. The van der Waals surface area contributed by atoms with Gasteiger partial charge in [0.25, 0.3) is 5.91 Å². The van der Waals surface area contributed by atoms with Gasteiger partial charge in [0.2, 0.25) is 0 Å². The van der Waals surface area contributed by atoms with Crippen LogP contribution < -0.4 is 0 Å². The Labute approximate surface area is 132 Å². The third kappa shape index (κ3) is 2.51. The standard InChI is InChI=1S/C20H23NO/c22-20(18-10-9-15-5-1-3-7-17(15)13-18)21-12-11-16-6-2-4-8-19(16)14-21/h1,3,5,7,9-10,13,16,19H,2,4,6,8,11-12,14H2/t16-,19+/m0/s1. The molecule has 2 aromatic carbocycles. The molecule has 1 saturated carbocycles. The van der Waals surface area contributed by atoms with Crippen LogP contribution in [0.25, 0.3) is 10.8 Å². The van der Waals surface area contributed by atoms with E-state index in [1.54, 1.807) is 0 Å². The Bertz CT molecular complexity index is 693. The molecule has 2 aliphatic rings. The SMILES string of the molecule is O=C(c1ccc2ccccc2c1)N1CC[C@@H]2CCCC[C@@H]2C1. The Morgan fingerprint density at radius 1 is 0.909 bits per heavy atom. The molecule has 0 spiro atoms. The van der Waals surface area contributed by atoms with Crippen molar-refractivity contribution >= 4 is 16.7 Å². The Hall–Kier alpha value is -1.83. The molecule has 0 bridgehead atoms. The van der Waals surface area contributed by atoms with Crippen LogP contribution in [0.4, 0.5) is 0 Å². The zero-order valence-electron chi connectivity index (χ0n) is 13.0. The summed E-state index contributed by atoms with van der Waals surface area (Å²) in [4.78, 5) is 14.9. The molecule has 114 valence electrons. The first-order chi connectivity index (χ1) is 10.8. The van der Waals surface area contributed by atoms with E-state index >= 15 is 0 Å². The maximum absolute atomic E-state index is 12.8. The molecular weight excluding hydrogens is 270 g/mol. The van der Waals surface area contributed by atoms with Crippen molar-refractivity contribution in [3.8, 4) is 0 Å². The molecule has 2 nitrogen and oxygen atoms in total. The first-order valence-corrected chi connectivity index (χ1v) is 8.59. The van der Waals surface area contributed by atoms with Gasteiger partial charge >= 0.3 is 0 Å². The molecule has 1 aliphatic heterocycles. The lowest BCUT2D eigenvalue weighted by Gasteiger charge is -2.41. The van der Waals surface area contributed by atoms with Crippen molar-refractivity contribution in [3.63, 3.8) is 0 Å². The van der Waals surface area contributed by atoms with Gasteiger partial charge in [-0.3, -0.25) is 4.79 Å². The lowest BCUT2D eigenvalue weighted by Crippen LogP contribution is -2.44. The zero-order chi connectivity index (χ0) is 14.9. The number of nitrogens with zero attached hydrogens (tertiary/aromatic N) is 1. The highest BCUT2D eigenvalue weighted by Crippen LogP contribution is 2.36. The van der Waals surface area contributed by atoms with Crippen molar-refractivity contribution in [2.75, 3.05) is 13.1 Å². The molecule has 2 atom stereocenters. The highest BCUT2D eigenvalue weighted by Gasteiger charge is 2.33. The Morgan fingerprint density at radius 3 is 2.55 bits per heavy atom. The monoisotopic (exact) mass is 293 g/mol. The Morgan fingerprint density at radius 2 is 1.68 bits per heavy atom. The first-order valence-electron chi connectivity index (χ1n) is 8.59. The van der Waals surface area contributed by atoms with E-state index < -0.39 is 0 Å². The molecule has 4 rings (SSSR count). The van der Waals surface area contributed by atoms with Gasteiger partial charge in [0, 0.05) is 18.7 Å². The number of carbonyl (C=O) groups excluding carboxylic acids is 1. The van der Waals surface area contributed by atoms with Gasteiger partial charge in [-0.1, -0.05) is 49.6 Å². The van der Waals surface area contributed by atoms with E-state index in [4.69, 9.17) is 0 Å². The Kier molecular flexibility index (Phi) is 3.61. The van der Waals surface area contributed by atoms with Gasteiger partial charge in [-0.05, 0) is 47.6 Å². The van der Waals surface area contributed by atoms with E-state index in [1.807, 2.05) is 24.3 Å². The summed E-state index contributed by atoms with van der Waals surface area (Å²) < 4.78 is 0. The molecule has 2 heteroatoms. The lowest BCUT2D eigenvalue weighted by atomic mass is 9.75. The molecule has 0 radical (unpaired) electrons. The molecule has 1 aliphatic carbocycles. The minimum Gasteiger partial charge on any atom is -0.338 e. The number of likely N-dealkylation sites (tertiary alicyclic amines) is 1. The van der Waals surface area contributed by atoms with Crippen molar-refractivity contribution < 1.29 is 4.79 Å². The summed E-state index contributed by atoms with van der Waals surface area (Å²) in [6, 6.07) is 14.3. The second kappa shape index (κ2) is 5.75. The molecule has 0 unspecified atom stereocenters. The smallest absolute Gasteiger partial charge is 0.253 e. The highest BCUT2D eigenvalue weighted by atomic mass is 16.2. The molecule has 0 N–H and O–H groups in total. The molecular formula is C20H23NO. The first kappa shape index (κ1) is 13.8. The molecule has 1 heterocycles. The van der Waals surface area contributed by atoms with E-state index in [-0.39, 0.29) is 5.91 Å². The fourth-order valence-electron chi connectivity index (χ4n) is 4.29. The average Bonchev–Trinajstić information content (AvgIpc) is 2.60. The van der Waals surface area contributed by atoms with Gasteiger partial charge < -0.3 is 4.90 Å². The number of piperidine rings is 1. The number of hydrogen-bond donors (Lipinski definition) is 0.